The maximum atomic E-state index is 9.03. The summed E-state index contributed by atoms with van der Waals surface area (Å²) >= 11 is 0. The van der Waals surface area contributed by atoms with Crippen LogP contribution in [0.1, 0.15) is 19.8 Å². The number of allylic oxidation sites excluding steroid dienone is 2. The number of hydrogen-bond donors (Lipinski definition) is 1. The molecule has 0 saturated carbocycles. The number of hydrogen-bond acceptors (Lipinski definition) is 1. The average molecular weight is 124 g/mol. The zero-order chi connectivity index (χ0) is 6.85. The molecule has 0 bridgehead atoms. The first-order valence-corrected chi connectivity index (χ1v) is 3.25. The molecule has 1 atom stereocenters. The monoisotopic (exact) mass is 124 g/mol. The van der Waals surface area contributed by atoms with Gasteiger partial charge in [-0.1, -0.05) is 18.2 Å². The first-order valence-electron chi connectivity index (χ1n) is 3.25. The Morgan fingerprint density at radius 2 is 2.56 bits per heavy atom. The van der Waals surface area contributed by atoms with E-state index >= 15 is 0 Å². The molecule has 1 nitrogen and oxygen atoms in total. The summed E-state index contributed by atoms with van der Waals surface area (Å²) < 4.78 is 0. The highest BCUT2D eigenvalue weighted by atomic mass is 16.3. The van der Waals surface area contributed by atoms with Crippen LogP contribution in [0.3, 0.4) is 0 Å². The van der Waals surface area contributed by atoms with E-state index in [2.05, 4.69) is 6.58 Å². The van der Waals surface area contributed by atoms with Crippen molar-refractivity contribution in [3.63, 3.8) is 0 Å². The smallest absolute Gasteiger partial charge is 0.0729 e. The molecule has 0 amide bonds. The summed E-state index contributed by atoms with van der Waals surface area (Å²) in [6.45, 7) is 5.77. The summed E-state index contributed by atoms with van der Waals surface area (Å²) in [5.74, 6) is 0. The van der Waals surface area contributed by atoms with E-state index in [1.807, 2.05) is 13.0 Å². The van der Waals surface area contributed by atoms with Crippen molar-refractivity contribution in [1.29, 1.82) is 0 Å². The van der Waals surface area contributed by atoms with Crippen LogP contribution in [0.4, 0.5) is 0 Å². The van der Waals surface area contributed by atoms with E-state index in [4.69, 9.17) is 5.11 Å². The molecule has 1 aliphatic rings. The number of rotatable bonds is 1. The second-order valence-electron chi connectivity index (χ2n) is 2.58. The van der Waals surface area contributed by atoms with Gasteiger partial charge in [-0.3, -0.25) is 0 Å². The van der Waals surface area contributed by atoms with Crippen molar-refractivity contribution < 1.29 is 5.11 Å². The molecule has 0 aromatic carbocycles. The highest BCUT2D eigenvalue weighted by Crippen LogP contribution is 2.23. The van der Waals surface area contributed by atoms with Crippen LogP contribution < -0.4 is 0 Å². The topological polar surface area (TPSA) is 20.2 Å². The molecule has 1 unspecified atom stereocenters. The quantitative estimate of drug-likeness (QED) is 0.563. The van der Waals surface area contributed by atoms with Crippen LogP contribution in [-0.2, 0) is 0 Å². The second-order valence-corrected chi connectivity index (χ2v) is 2.58. The fraction of sp³-hybridized carbons (Fsp3) is 0.500. The van der Waals surface area contributed by atoms with Crippen molar-refractivity contribution >= 4 is 0 Å². The average Bonchev–Trinajstić information content (AvgIpc) is 2.14. The Labute approximate surface area is 55.7 Å². The third kappa shape index (κ3) is 1.42. The van der Waals surface area contributed by atoms with Gasteiger partial charge in [0.15, 0.2) is 0 Å². The predicted molar refractivity (Wildman–Crippen MR) is 38.1 cm³/mol. The van der Waals surface area contributed by atoms with Gasteiger partial charge in [0.2, 0.25) is 0 Å². The van der Waals surface area contributed by atoms with E-state index in [1.165, 1.54) is 5.57 Å². The zero-order valence-electron chi connectivity index (χ0n) is 5.72. The molecule has 1 N–H and O–H groups in total. The molecule has 0 aromatic rings. The minimum atomic E-state index is -0.211. The summed E-state index contributed by atoms with van der Waals surface area (Å²) in [4.78, 5) is 0. The molecule has 0 aliphatic heterocycles. The first-order chi connectivity index (χ1) is 4.20. The van der Waals surface area contributed by atoms with Crippen LogP contribution in [-0.4, -0.2) is 11.2 Å². The molecule has 1 aliphatic carbocycles. The lowest BCUT2D eigenvalue weighted by atomic mass is 10.1. The van der Waals surface area contributed by atoms with E-state index in [0.717, 1.165) is 18.4 Å². The largest absolute Gasteiger partial charge is 0.389 e. The highest BCUT2D eigenvalue weighted by molar-refractivity contribution is 5.30. The Hall–Kier alpha value is -0.560. The normalized spacial score (nSPS) is 26.0. The molecule has 1 rings (SSSR count). The zero-order valence-corrected chi connectivity index (χ0v) is 5.72. The van der Waals surface area contributed by atoms with Gasteiger partial charge in [0.1, 0.15) is 0 Å². The minimum absolute atomic E-state index is 0.211. The van der Waals surface area contributed by atoms with Crippen molar-refractivity contribution in [2.75, 3.05) is 0 Å². The van der Waals surface area contributed by atoms with Crippen LogP contribution in [0.2, 0.25) is 0 Å². The molecule has 9 heavy (non-hydrogen) atoms. The Kier molecular flexibility index (Phi) is 1.72. The lowest BCUT2D eigenvalue weighted by Crippen LogP contribution is -1.93. The van der Waals surface area contributed by atoms with E-state index in [1.54, 1.807) is 0 Å². The third-order valence-electron chi connectivity index (χ3n) is 1.65. The molecule has 1 heteroatoms. The number of aliphatic hydroxyl groups is 1. The Morgan fingerprint density at radius 1 is 1.89 bits per heavy atom. The van der Waals surface area contributed by atoms with Crippen LogP contribution in [0, 0.1) is 0 Å². The van der Waals surface area contributed by atoms with E-state index in [9.17, 15) is 0 Å². The standard InChI is InChI=1S/C8H12O/c1-6(2)7-3-4-8(9)5-7/h5,8-9H,1,3-4H2,2H3. The molecule has 0 radical (unpaired) electrons. The lowest BCUT2D eigenvalue weighted by Gasteiger charge is -1.94. The molecule has 0 spiro atoms. The first kappa shape index (κ1) is 6.56. The van der Waals surface area contributed by atoms with Gasteiger partial charge in [-0.2, -0.15) is 0 Å². The molecule has 0 fully saturated rings. The fourth-order valence-electron chi connectivity index (χ4n) is 1.06. The molecule has 0 saturated heterocycles. The van der Waals surface area contributed by atoms with Crippen molar-refractivity contribution in [1.82, 2.24) is 0 Å². The molecule has 0 aromatic heterocycles. The molecular weight excluding hydrogens is 112 g/mol. The van der Waals surface area contributed by atoms with E-state index < -0.39 is 0 Å². The van der Waals surface area contributed by atoms with Gasteiger partial charge in [-0.15, -0.1) is 0 Å². The van der Waals surface area contributed by atoms with E-state index in [0.29, 0.717) is 0 Å². The fourth-order valence-corrected chi connectivity index (χ4v) is 1.06. The van der Waals surface area contributed by atoms with Gasteiger partial charge in [0.25, 0.3) is 0 Å². The SMILES string of the molecule is C=C(C)C1=CC(O)CC1. The van der Waals surface area contributed by atoms with Gasteiger partial charge < -0.3 is 5.11 Å². The lowest BCUT2D eigenvalue weighted by molar-refractivity contribution is 0.223. The van der Waals surface area contributed by atoms with Crippen LogP contribution in [0.5, 0.6) is 0 Å². The van der Waals surface area contributed by atoms with Crippen LogP contribution in [0.15, 0.2) is 23.8 Å². The molecule has 50 valence electrons. The van der Waals surface area contributed by atoms with Gasteiger partial charge >= 0.3 is 0 Å². The Bertz CT molecular complexity index is 156. The van der Waals surface area contributed by atoms with Gasteiger partial charge in [0.05, 0.1) is 6.10 Å². The Morgan fingerprint density at radius 3 is 2.78 bits per heavy atom. The molecule has 0 heterocycles. The van der Waals surface area contributed by atoms with Gasteiger partial charge in [-0.25, -0.2) is 0 Å². The summed E-state index contributed by atoms with van der Waals surface area (Å²) in [5, 5.41) is 9.03. The summed E-state index contributed by atoms with van der Waals surface area (Å²) in [6, 6.07) is 0. The van der Waals surface area contributed by atoms with Gasteiger partial charge in [0, 0.05) is 0 Å². The van der Waals surface area contributed by atoms with Crippen LogP contribution in [0.25, 0.3) is 0 Å². The molecular formula is C8H12O. The predicted octanol–water partition coefficient (Wildman–Crippen LogP) is 1.64. The highest BCUT2D eigenvalue weighted by Gasteiger charge is 2.11. The summed E-state index contributed by atoms with van der Waals surface area (Å²) in [7, 11) is 0. The summed E-state index contributed by atoms with van der Waals surface area (Å²) in [6.07, 6.45) is 3.55. The van der Waals surface area contributed by atoms with Crippen LogP contribution >= 0.6 is 0 Å². The maximum absolute atomic E-state index is 9.03. The number of aliphatic hydroxyl groups excluding tert-OH is 1. The Balaban J connectivity index is 2.62. The maximum Gasteiger partial charge on any atom is 0.0729 e. The minimum Gasteiger partial charge on any atom is -0.389 e. The summed E-state index contributed by atoms with van der Waals surface area (Å²) in [5.41, 5.74) is 2.31. The van der Waals surface area contributed by atoms with E-state index in [-0.39, 0.29) is 6.10 Å². The van der Waals surface area contributed by atoms with Crippen molar-refractivity contribution in [2.24, 2.45) is 0 Å². The third-order valence-corrected chi connectivity index (χ3v) is 1.65. The second kappa shape index (κ2) is 2.36. The van der Waals surface area contributed by atoms with Crippen molar-refractivity contribution in [3.8, 4) is 0 Å². The van der Waals surface area contributed by atoms with Crippen molar-refractivity contribution in [3.05, 3.63) is 23.8 Å². The van der Waals surface area contributed by atoms with Crippen molar-refractivity contribution in [2.45, 2.75) is 25.9 Å². The van der Waals surface area contributed by atoms with Gasteiger partial charge in [-0.05, 0) is 25.3 Å².